The lowest BCUT2D eigenvalue weighted by molar-refractivity contribution is 0.336. The van der Waals surface area contributed by atoms with Gasteiger partial charge in [0.2, 0.25) is 0 Å². The summed E-state index contributed by atoms with van der Waals surface area (Å²) in [6.07, 6.45) is 7.22. The van der Waals surface area contributed by atoms with E-state index in [4.69, 9.17) is 4.43 Å². The van der Waals surface area contributed by atoms with Gasteiger partial charge in [0, 0.05) is 23.7 Å². The van der Waals surface area contributed by atoms with E-state index in [1.54, 1.807) is 0 Å². The highest BCUT2D eigenvalue weighted by Crippen LogP contribution is 2.51. The predicted molar refractivity (Wildman–Crippen MR) is 149 cm³/mol. The first kappa shape index (κ1) is 24.8. The monoisotopic (exact) mass is 473 g/mol. The molecule has 0 aromatic heterocycles. The third-order valence-corrected chi connectivity index (χ3v) is 14.3. The minimum Gasteiger partial charge on any atom is -0.544 e. The molecule has 2 aromatic carbocycles. The highest BCUT2D eigenvalue weighted by molar-refractivity contribution is 6.77. The predicted octanol–water partition coefficient (Wildman–Crippen LogP) is 8.80. The molecule has 1 aliphatic carbocycles. The summed E-state index contributed by atoms with van der Waals surface area (Å²) >= 11 is 0. The topological polar surface area (TPSA) is 12.5 Å². The molecule has 182 valence electrons. The number of anilines is 1. The quantitative estimate of drug-likeness (QED) is 0.372. The van der Waals surface area contributed by atoms with E-state index in [0.29, 0.717) is 28.5 Å². The van der Waals surface area contributed by atoms with Crippen molar-refractivity contribution in [2.45, 2.75) is 90.9 Å². The number of hydrogen-bond donors (Lipinski definition) is 0. The first-order valence-electron chi connectivity index (χ1n) is 13.1. The van der Waals surface area contributed by atoms with E-state index in [9.17, 15) is 0 Å². The van der Waals surface area contributed by atoms with Crippen LogP contribution in [0.25, 0.3) is 0 Å². The Labute approximate surface area is 208 Å². The summed E-state index contributed by atoms with van der Waals surface area (Å²) in [4.78, 5) is 2.52. The SMILES string of the molecule is Cc1cc(C)c(N2C=C[C@@H]3C(c4ccccc4)C=C(O[Si](C(C)C)(C(C)C)C(C)C)[C@@H]32)c(C)c1. The van der Waals surface area contributed by atoms with Gasteiger partial charge in [0.05, 0.1) is 11.8 Å². The normalized spacial score (nSPS) is 22.2. The van der Waals surface area contributed by atoms with Crippen LogP contribution in [0.1, 0.15) is 69.7 Å². The molecule has 3 heteroatoms. The van der Waals surface area contributed by atoms with E-state index in [2.05, 4.69) is 128 Å². The van der Waals surface area contributed by atoms with Crippen LogP contribution in [-0.4, -0.2) is 14.4 Å². The highest BCUT2D eigenvalue weighted by Gasteiger charge is 2.52. The van der Waals surface area contributed by atoms with Crippen molar-refractivity contribution in [3.8, 4) is 0 Å². The zero-order chi connectivity index (χ0) is 24.8. The van der Waals surface area contributed by atoms with Crippen molar-refractivity contribution >= 4 is 14.0 Å². The molecule has 2 aliphatic rings. The lowest BCUT2D eigenvalue weighted by Crippen LogP contribution is -2.49. The van der Waals surface area contributed by atoms with E-state index < -0.39 is 8.32 Å². The molecule has 2 nitrogen and oxygen atoms in total. The van der Waals surface area contributed by atoms with Gasteiger partial charge >= 0.3 is 0 Å². The number of aryl methyl sites for hydroxylation is 3. The zero-order valence-electron chi connectivity index (χ0n) is 22.6. The summed E-state index contributed by atoms with van der Waals surface area (Å²) in [5.74, 6) is 1.92. The van der Waals surface area contributed by atoms with Crippen LogP contribution in [0.3, 0.4) is 0 Å². The fraction of sp³-hybridized carbons (Fsp3) is 0.484. The Bertz CT molecular complexity index is 1040. The summed E-state index contributed by atoms with van der Waals surface area (Å²) in [6, 6.07) is 15.8. The average molecular weight is 474 g/mol. The van der Waals surface area contributed by atoms with Gasteiger partial charge in [-0.05, 0) is 60.2 Å². The molecule has 0 amide bonds. The smallest absolute Gasteiger partial charge is 0.258 e. The van der Waals surface area contributed by atoms with Crippen LogP contribution in [0.2, 0.25) is 16.6 Å². The van der Waals surface area contributed by atoms with Crippen molar-refractivity contribution in [3.05, 3.63) is 88.8 Å². The maximum Gasteiger partial charge on any atom is 0.258 e. The van der Waals surface area contributed by atoms with Gasteiger partial charge in [0.15, 0.2) is 0 Å². The van der Waals surface area contributed by atoms with Crippen LogP contribution in [0.4, 0.5) is 5.69 Å². The molecular formula is C31H43NOSi. The Balaban J connectivity index is 1.83. The molecule has 2 aromatic rings. The van der Waals surface area contributed by atoms with Gasteiger partial charge < -0.3 is 9.33 Å². The Kier molecular flexibility index (Phi) is 6.88. The van der Waals surface area contributed by atoms with Crippen molar-refractivity contribution in [1.82, 2.24) is 0 Å². The van der Waals surface area contributed by atoms with E-state index in [0.717, 1.165) is 0 Å². The molecule has 1 unspecified atom stereocenters. The van der Waals surface area contributed by atoms with Crippen molar-refractivity contribution in [2.75, 3.05) is 4.90 Å². The first-order valence-corrected chi connectivity index (χ1v) is 15.2. The number of hydrogen-bond acceptors (Lipinski definition) is 2. The molecule has 34 heavy (non-hydrogen) atoms. The van der Waals surface area contributed by atoms with Gasteiger partial charge in [-0.15, -0.1) is 0 Å². The lowest BCUT2D eigenvalue weighted by Gasteiger charge is -2.44. The van der Waals surface area contributed by atoms with Crippen molar-refractivity contribution < 1.29 is 4.43 Å². The van der Waals surface area contributed by atoms with Gasteiger partial charge in [-0.2, -0.15) is 0 Å². The fourth-order valence-electron chi connectivity index (χ4n) is 7.04. The van der Waals surface area contributed by atoms with Crippen LogP contribution in [-0.2, 0) is 4.43 Å². The number of allylic oxidation sites excluding steroid dienone is 1. The van der Waals surface area contributed by atoms with Crippen molar-refractivity contribution in [2.24, 2.45) is 5.92 Å². The molecule has 0 radical (unpaired) electrons. The Morgan fingerprint density at radius 2 is 1.38 bits per heavy atom. The third-order valence-electron chi connectivity index (χ3n) is 8.26. The van der Waals surface area contributed by atoms with Crippen LogP contribution in [0.5, 0.6) is 0 Å². The molecule has 1 heterocycles. The van der Waals surface area contributed by atoms with Gasteiger partial charge in [0.1, 0.15) is 0 Å². The number of rotatable bonds is 7. The standard InChI is InChI=1S/C31H43NOSi/c1-20(2)34(21(3)4,22(5)6)33-29-19-28(26-13-11-10-12-14-26)27-15-16-32(31(27)29)30-24(8)17-23(7)18-25(30)9/h10-22,27-28,31H,1-9H3/t27-,28?,31-/m1/s1. The maximum absolute atomic E-state index is 7.42. The van der Waals surface area contributed by atoms with Gasteiger partial charge in [-0.1, -0.05) is 95.6 Å². The second-order valence-electron chi connectivity index (χ2n) is 11.4. The first-order chi connectivity index (χ1) is 16.1. The minimum absolute atomic E-state index is 0.216. The van der Waals surface area contributed by atoms with Crippen LogP contribution >= 0.6 is 0 Å². The summed E-state index contributed by atoms with van der Waals surface area (Å²) in [6.45, 7) is 21.0. The zero-order valence-corrected chi connectivity index (χ0v) is 23.6. The summed E-state index contributed by atoms with van der Waals surface area (Å²) < 4.78 is 7.42. The van der Waals surface area contributed by atoms with E-state index in [1.165, 1.54) is 33.7 Å². The summed E-state index contributed by atoms with van der Waals surface area (Å²) in [5, 5.41) is 0. The maximum atomic E-state index is 7.42. The van der Waals surface area contributed by atoms with Gasteiger partial charge in [0.25, 0.3) is 8.32 Å². The largest absolute Gasteiger partial charge is 0.544 e. The van der Waals surface area contributed by atoms with E-state index >= 15 is 0 Å². The second kappa shape index (κ2) is 9.41. The van der Waals surface area contributed by atoms with Gasteiger partial charge in [-0.3, -0.25) is 0 Å². The molecule has 0 N–H and O–H groups in total. The highest BCUT2D eigenvalue weighted by atomic mass is 28.4. The Hall–Kier alpha value is -2.26. The minimum atomic E-state index is -2.07. The molecule has 0 fully saturated rings. The molecule has 0 saturated heterocycles. The van der Waals surface area contributed by atoms with E-state index in [-0.39, 0.29) is 6.04 Å². The van der Waals surface area contributed by atoms with Crippen molar-refractivity contribution in [1.29, 1.82) is 0 Å². The average Bonchev–Trinajstić information content (AvgIpc) is 3.32. The number of benzene rings is 2. The van der Waals surface area contributed by atoms with Crippen LogP contribution in [0, 0.1) is 26.7 Å². The van der Waals surface area contributed by atoms with Crippen molar-refractivity contribution in [3.63, 3.8) is 0 Å². The number of nitrogens with zero attached hydrogens (tertiary/aromatic N) is 1. The molecule has 0 spiro atoms. The number of fused-ring (bicyclic) bond motifs is 1. The molecule has 4 rings (SSSR count). The fourth-order valence-corrected chi connectivity index (χ4v) is 12.3. The molecule has 1 aliphatic heterocycles. The third kappa shape index (κ3) is 4.06. The van der Waals surface area contributed by atoms with Crippen LogP contribution in [0.15, 0.2) is 66.6 Å². The Morgan fingerprint density at radius 1 is 0.824 bits per heavy atom. The molecule has 3 atom stereocenters. The molecule has 0 saturated carbocycles. The molecule has 0 bridgehead atoms. The molecular weight excluding hydrogens is 430 g/mol. The van der Waals surface area contributed by atoms with E-state index in [1.807, 2.05) is 0 Å². The van der Waals surface area contributed by atoms with Gasteiger partial charge in [-0.25, -0.2) is 0 Å². The summed E-state index contributed by atoms with van der Waals surface area (Å²) in [5.41, 5.74) is 8.37. The van der Waals surface area contributed by atoms with Crippen LogP contribution < -0.4 is 4.90 Å². The second-order valence-corrected chi connectivity index (χ2v) is 16.8. The Morgan fingerprint density at radius 3 is 1.91 bits per heavy atom. The lowest BCUT2D eigenvalue weighted by atomic mass is 9.87. The summed E-state index contributed by atoms with van der Waals surface area (Å²) in [7, 11) is -2.07.